The van der Waals surface area contributed by atoms with E-state index in [4.69, 9.17) is 24.0 Å². The molecule has 8 heteroatoms. The van der Waals surface area contributed by atoms with E-state index in [0.717, 1.165) is 29.7 Å². The molecule has 0 N–H and O–H groups in total. The van der Waals surface area contributed by atoms with Crippen molar-refractivity contribution in [3.05, 3.63) is 90.0 Å². The molecule has 1 amide bonds. The highest BCUT2D eigenvalue weighted by Crippen LogP contribution is 2.35. The van der Waals surface area contributed by atoms with E-state index < -0.39 is 0 Å². The quantitative estimate of drug-likeness (QED) is 0.263. The highest BCUT2D eigenvalue weighted by molar-refractivity contribution is 5.94. The van der Waals surface area contributed by atoms with Crippen LogP contribution in [0.25, 0.3) is 11.3 Å². The Morgan fingerprint density at radius 3 is 2.41 bits per heavy atom. The highest BCUT2D eigenvalue weighted by Gasteiger charge is 2.28. The van der Waals surface area contributed by atoms with Crippen LogP contribution in [0.4, 0.5) is 0 Å². The van der Waals surface area contributed by atoms with Crippen LogP contribution in [0.3, 0.4) is 0 Å². The van der Waals surface area contributed by atoms with Gasteiger partial charge in [0.1, 0.15) is 22.9 Å². The lowest BCUT2D eigenvalue weighted by molar-refractivity contribution is 0.0506. The van der Waals surface area contributed by atoms with Gasteiger partial charge in [-0.2, -0.15) is 5.10 Å². The second kappa shape index (κ2) is 12.0. The van der Waals surface area contributed by atoms with E-state index in [0.29, 0.717) is 48.4 Å². The molecule has 39 heavy (non-hydrogen) atoms. The van der Waals surface area contributed by atoms with Gasteiger partial charge >= 0.3 is 0 Å². The zero-order valence-corrected chi connectivity index (χ0v) is 22.5. The maximum absolute atomic E-state index is 13.9. The minimum absolute atomic E-state index is 0.0215. The molecule has 1 aliphatic heterocycles. The lowest BCUT2D eigenvalue weighted by Crippen LogP contribution is -2.37. The predicted octanol–water partition coefficient (Wildman–Crippen LogP) is 5.72. The summed E-state index contributed by atoms with van der Waals surface area (Å²) in [7, 11) is 5.08. The second-order valence-electron chi connectivity index (χ2n) is 9.45. The molecule has 0 saturated carbocycles. The normalized spacial score (nSPS) is 14.7. The van der Waals surface area contributed by atoms with E-state index in [1.807, 2.05) is 66.5 Å². The number of carbonyl (C=O) groups is 1. The molecule has 202 valence electrons. The zero-order valence-electron chi connectivity index (χ0n) is 22.5. The lowest BCUT2D eigenvalue weighted by Gasteiger charge is -2.26. The average Bonchev–Trinajstić information content (AvgIpc) is 3.61. The third kappa shape index (κ3) is 6.07. The molecule has 0 unspecified atom stereocenters. The maximum atomic E-state index is 13.9. The first-order valence-corrected chi connectivity index (χ1v) is 13.0. The van der Waals surface area contributed by atoms with E-state index in [2.05, 4.69) is 0 Å². The van der Waals surface area contributed by atoms with Crippen molar-refractivity contribution in [2.24, 2.45) is 7.05 Å². The summed E-state index contributed by atoms with van der Waals surface area (Å²) in [6.45, 7) is 1.47. The maximum Gasteiger partial charge on any atom is 0.254 e. The first kappa shape index (κ1) is 26.3. The smallest absolute Gasteiger partial charge is 0.254 e. The van der Waals surface area contributed by atoms with Gasteiger partial charge in [0.05, 0.1) is 32.4 Å². The van der Waals surface area contributed by atoms with Crippen molar-refractivity contribution in [1.82, 2.24) is 14.7 Å². The van der Waals surface area contributed by atoms with Crippen molar-refractivity contribution in [1.29, 1.82) is 0 Å². The van der Waals surface area contributed by atoms with Crippen LogP contribution in [0.1, 0.15) is 28.8 Å². The lowest BCUT2D eigenvalue weighted by atomic mass is 10.1. The number of amides is 1. The molecular weight excluding hydrogens is 494 g/mol. The predicted molar refractivity (Wildman–Crippen MR) is 148 cm³/mol. The molecular formula is C31H33N3O5. The van der Waals surface area contributed by atoms with Crippen molar-refractivity contribution in [2.75, 3.05) is 27.4 Å². The first-order valence-electron chi connectivity index (χ1n) is 13.0. The monoisotopic (exact) mass is 527 g/mol. The number of hydrogen-bond donors (Lipinski definition) is 0. The number of aryl methyl sites for hydroxylation is 1. The molecule has 4 aromatic rings. The molecule has 0 aliphatic carbocycles. The number of aromatic nitrogens is 2. The number of benzene rings is 3. The van der Waals surface area contributed by atoms with Crippen LogP contribution in [0.5, 0.6) is 23.1 Å². The van der Waals surface area contributed by atoms with Gasteiger partial charge in [-0.3, -0.25) is 4.79 Å². The first-order chi connectivity index (χ1) is 19.1. The fourth-order valence-electron chi connectivity index (χ4n) is 4.79. The molecule has 0 radical (unpaired) electrons. The van der Waals surface area contributed by atoms with E-state index in [1.165, 1.54) is 0 Å². The molecule has 2 heterocycles. The Labute approximate surface area is 228 Å². The van der Waals surface area contributed by atoms with Crippen LogP contribution in [0.15, 0.2) is 78.9 Å². The molecule has 1 aromatic heterocycles. The molecule has 1 atom stereocenters. The Morgan fingerprint density at radius 2 is 1.72 bits per heavy atom. The molecule has 1 aliphatic rings. The van der Waals surface area contributed by atoms with Gasteiger partial charge in [0.25, 0.3) is 5.91 Å². The topological polar surface area (TPSA) is 75.1 Å². The molecule has 0 bridgehead atoms. The largest absolute Gasteiger partial charge is 0.497 e. The number of hydrogen-bond acceptors (Lipinski definition) is 6. The van der Waals surface area contributed by atoms with E-state index in [-0.39, 0.29) is 12.0 Å². The summed E-state index contributed by atoms with van der Waals surface area (Å²) in [6.07, 6.45) is 1.88. The van der Waals surface area contributed by atoms with Crippen LogP contribution in [-0.2, 0) is 18.3 Å². The van der Waals surface area contributed by atoms with Gasteiger partial charge < -0.3 is 23.8 Å². The Kier molecular flexibility index (Phi) is 8.13. The van der Waals surface area contributed by atoms with E-state index in [1.54, 1.807) is 43.2 Å². The molecule has 3 aromatic carbocycles. The van der Waals surface area contributed by atoms with Crippen LogP contribution < -0.4 is 14.2 Å². The van der Waals surface area contributed by atoms with Gasteiger partial charge in [-0.25, -0.2) is 4.68 Å². The fraction of sp³-hybridized carbons (Fsp3) is 0.290. The summed E-state index contributed by atoms with van der Waals surface area (Å²) in [5, 5.41) is 4.83. The number of methoxy groups -OCH3 is 2. The molecule has 8 nitrogen and oxygen atoms in total. The van der Waals surface area contributed by atoms with Crippen LogP contribution in [0, 0.1) is 0 Å². The van der Waals surface area contributed by atoms with Crippen LogP contribution in [-0.4, -0.2) is 54.1 Å². The summed E-state index contributed by atoms with van der Waals surface area (Å²) in [4.78, 5) is 15.7. The van der Waals surface area contributed by atoms with Crippen LogP contribution >= 0.6 is 0 Å². The SMILES string of the molecule is COc1ccc(C(=O)N(Cc2c(-c3ccccc3)nn(C)c2Oc2cccc(OC)c2)C[C@@H]2CCCO2)cc1. The van der Waals surface area contributed by atoms with Gasteiger partial charge in [0.2, 0.25) is 5.88 Å². The molecule has 5 rings (SSSR count). The Morgan fingerprint density at radius 1 is 0.974 bits per heavy atom. The molecule has 0 spiro atoms. The van der Waals surface area contributed by atoms with Gasteiger partial charge in [-0.1, -0.05) is 36.4 Å². The van der Waals surface area contributed by atoms with Crippen LogP contribution in [0.2, 0.25) is 0 Å². The van der Waals surface area contributed by atoms with Crippen molar-refractivity contribution >= 4 is 5.91 Å². The van der Waals surface area contributed by atoms with Crippen molar-refractivity contribution in [3.8, 4) is 34.4 Å². The summed E-state index contributed by atoms with van der Waals surface area (Å²) in [6, 6.07) is 24.6. The fourth-order valence-corrected chi connectivity index (χ4v) is 4.79. The minimum atomic E-state index is -0.0941. The number of ether oxygens (including phenoxy) is 4. The van der Waals surface area contributed by atoms with Gasteiger partial charge in [0, 0.05) is 37.4 Å². The van der Waals surface area contributed by atoms with Crippen molar-refractivity contribution < 1.29 is 23.7 Å². The summed E-state index contributed by atoms with van der Waals surface area (Å²) in [5.41, 5.74) is 3.09. The second-order valence-corrected chi connectivity index (χ2v) is 9.45. The van der Waals surface area contributed by atoms with Gasteiger partial charge in [-0.05, 0) is 49.2 Å². The van der Waals surface area contributed by atoms with Gasteiger partial charge in [-0.15, -0.1) is 0 Å². The average molecular weight is 528 g/mol. The Balaban J connectivity index is 1.55. The van der Waals surface area contributed by atoms with Crippen molar-refractivity contribution in [3.63, 3.8) is 0 Å². The molecule has 1 saturated heterocycles. The van der Waals surface area contributed by atoms with Crippen molar-refractivity contribution in [2.45, 2.75) is 25.5 Å². The highest BCUT2D eigenvalue weighted by atomic mass is 16.5. The van der Waals surface area contributed by atoms with Gasteiger partial charge in [0.15, 0.2) is 0 Å². The standard InChI is InChI=1S/C31H33N3O5/c1-33-31(39-26-12-7-11-25(19-26)37-3)28(29(32-33)22-9-5-4-6-10-22)21-34(20-27-13-8-18-38-27)30(35)23-14-16-24(36-2)17-15-23/h4-7,9-12,14-17,19,27H,8,13,18,20-21H2,1-3H3/t27-/m0/s1. The zero-order chi connectivity index (χ0) is 27.2. The van der Waals surface area contributed by atoms with E-state index >= 15 is 0 Å². The minimum Gasteiger partial charge on any atom is -0.497 e. The number of carbonyl (C=O) groups excluding carboxylic acids is 1. The molecule has 1 fully saturated rings. The third-order valence-corrected chi connectivity index (χ3v) is 6.81. The van der Waals surface area contributed by atoms with E-state index in [9.17, 15) is 4.79 Å². The number of rotatable bonds is 10. The third-order valence-electron chi connectivity index (χ3n) is 6.81. The summed E-state index contributed by atoms with van der Waals surface area (Å²) >= 11 is 0. The Bertz CT molecular complexity index is 1400. The summed E-state index contributed by atoms with van der Waals surface area (Å²) < 4.78 is 24.7. The summed E-state index contributed by atoms with van der Waals surface area (Å²) in [5.74, 6) is 2.47. The Hall–Kier alpha value is -4.30. The number of nitrogens with zero attached hydrogens (tertiary/aromatic N) is 3.